The number of halogens is 1. The van der Waals surface area contributed by atoms with Gasteiger partial charge in [-0.1, -0.05) is 0 Å². The molecule has 0 radical (unpaired) electrons. The zero-order chi connectivity index (χ0) is 18.8. The molecule has 1 aromatic heterocycles. The summed E-state index contributed by atoms with van der Waals surface area (Å²) in [5.74, 6) is -0.390. The van der Waals surface area contributed by atoms with Gasteiger partial charge in [0.25, 0.3) is 0 Å². The zero-order valence-electron chi connectivity index (χ0n) is 16.6. The van der Waals surface area contributed by atoms with Gasteiger partial charge in [0.05, 0.1) is 0 Å². The summed E-state index contributed by atoms with van der Waals surface area (Å²) in [5.41, 5.74) is 1.19. The number of benzene rings is 1. The van der Waals surface area contributed by atoms with Crippen LogP contribution in [-0.4, -0.2) is 28.3 Å². The van der Waals surface area contributed by atoms with Gasteiger partial charge in [-0.05, 0) is 0 Å². The Bertz CT molecular complexity index is 639. The summed E-state index contributed by atoms with van der Waals surface area (Å²) in [7, 11) is 0. The second kappa shape index (κ2) is 11.0. The van der Waals surface area contributed by atoms with Crippen molar-refractivity contribution in [2.75, 3.05) is 0 Å². The molecule has 0 aliphatic carbocycles. The van der Waals surface area contributed by atoms with Crippen LogP contribution in [0.25, 0.3) is 11.3 Å². The van der Waals surface area contributed by atoms with E-state index in [1.54, 1.807) is 0 Å². The first-order chi connectivity index (χ1) is 12.7. The van der Waals surface area contributed by atoms with Crippen molar-refractivity contribution in [2.45, 2.75) is 72.6 Å². The fourth-order valence-corrected chi connectivity index (χ4v) is 18.8. The quantitative estimate of drug-likeness (QED) is 0.364. The maximum atomic E-state index is 14.9. The standard InChI is InChI=1S/C10H6FN2.3C4H9.Sn/c11-10-9(12-6-7-13-10)8-4-2-1-3-5-8;3*1-3-4-2;/h1-6H;3*1,3-4H2,2H3;. The van der Waals surface area contributed by atoms with Gasteiger partial charge in [0.15, 0.2) is 0 Å². The molecule has 0 aliphatic heterocycles. The number of aromatic nitrogens is 2. The van der Waals surface area contributed by atoms with E-state index in [4.69, 9.17) is 0 Å². The molecule has 0 spiro atoms. The summed E-state index contributed by atoms with van der Waals surface area (Å²) >= 11 is -2.71. The third-order valence-electron chi connectivity index (χ3n) is 5.35. The molecule has 142 valence electrons. The second-order valence-electron chi connectivity index (χ2n) is 7.35. The number of unbranched alkanes of at least 4 members (excludes halogenated alkanes) is 3. The van der Waals surface area contributed by atoms with E-state index in [2.05, 4.69) is 30.7 Å². The Morgan fingerprint density at radius 2 is 1.38 bits per heavy atom. The van der Waals surface area contributed by atoms with Crippen molar-refractivity contribution in [3.8, 4) is 11.3 Å². The average Bonchev–Trinajstić information content (AvgIpc) is 2.68. The van der Waals surface area contributed by atoms with Crippen molar-refractivity contribution in [1.82, 2.24) is 9.97 Å². The van der Waals surface area contributed by atoms with Gasteiger partial charge >= 0.3 is 163 Å². The first-order valence-electron chi connectivity index (χ1n) is 10.2. The van der Waals surface area contributed by atoms with Crippen molar-refractivity contribution in [2.24, 2.45) is 0 Å². The molecule has 0 fully saturated rings. The van der Waals surface area contributed by atoms with Crippen LogP contribution >= 0.6 is 0 Å². The van der Waals surface area contributed by atoms with Crippen LogP contribution in [0, 0.1) is 5.95 Å². The normalized spacial score (nSPS) is 11.7. The molecule has 0 saturated heterocycles. The fourth-order valence-electron chi connectivity index (χ4n) is 3.72. The Morgan fingerprint density at radius 3 is 1.85 bits per heavy atom. The molecule has 0 N–H and O–H groups in total. The summed E-state index contributed by atoms with van der Waals surface area (Å²) in [6.45, 7) is 6.75. The molecule has 4 heteroatoms. The number of nitrogens with zero attached hydrogens (tertiary/aromatic N) is 2. The van der Waals surface area contributed by atoms with Gasteiger partial charge in [-0.2, -0.15) is 0 Å². The third kappa shape index (κ3) is 5.51. The SMILES string of the molecule is CCC[CH2][Sn]([CH2]CCC)([CH2]CCC)[c]1cnc(-c2ccccc2)c(F)n1. The van der Waals surface area contributed by atoms with E-state index in [0.29, 0.717) is 5.69 Å². The van der Waals surface area contributed by atoms with Gasteiger partial charge < -0.3 is 0 Å². The van der Waals surface area contributed by atoms with Crippen LogP contribution in [0.5, 0.6) is 0 Å². The molecule has 1 aromatic carbocycles. The Hall–Kier alpha value is -0.971. The number of hydrogen-bond acceptors (Lipinski definition) is 2. The van der Waals surface area contributed by atoms with Gasteiger partial charge in [-0.25, -0.2) is 0 Å². The summed E-state index contributed by atoms with van der Waals surface area (Å²) in [4.78, 5) is 9.10. The Labute approximate surface area is 162 Å². The van der Waals surface area contributed by atoms with E-state index in [9.17, 15) is 4.39 Å². The molecular formula is C22H33FN2Sn. The van der Waals surface area contributed by atoms with Crippen molar-refractivity contribution >= 4 is 22.1 Å². The van der Waals surface area contributed by atoms with Gasteiger partial charge in [-0.15, -0.1) is 0 Å². The molecule has 2 nitrogen and oxygen atoms in total. The summed E-state index contributed by atoms with van der Waals surface area (Å²) in [6.07, 6.45) is 9.27. The average molecular weight is 463 g/mol. The van der Waals surface area contributed by atoms with Gasteiger partial charge in [0.1, 0.15) is 0 Å². The van der Waals surface area contributed by atoms with E-state index in [1.807, 2.05) is 36.5 Å². The fraction of sp³-hybridized carbons (Fsp3) is 0.545. The van der Waals surface area contributed by atoms with E-state index < -0.39 is 18.4 Å². The van der Waals surface area contributed by atoms with Crippen molar-refractivity contribution < 1.29 is 4.39 Å². The van der Waals surface area contributed by atoms with E-state index >= 15 is 0 Å². The van der Waals surface area contributed by atoms with Gasteiger partial charge in [0, 0.05) is 0 Å². The van der Waals surface area contributed by atoms with Crippen molar-refractivity contribution in [1.29, 1.82) is 0 Å². The van der Waals surface area contributed by atoms with Gasteiger partial charge in [0.2, 0.25) is 0 Å². The summed E-state index contributed by atoms with van der Waals surface area (Å²) < 4.78 is 19.8. The molecule has 26 heavy (non-hydrogen) atoms. The van der Waals surface area contributed by atoms with Gasteiger partial charge in [-0.3, -0.25) is 0 Å². The Balaban J connectivity index is 2.40. The molecule has 0 saturated carbocycles. The van der Waals surface area contributed by atoms with Crippen molar-refractivity contribution in [3.63, 3.8) is 0 Å². The summed E-state index contributed by atoms with van der Waals surface area (Å²) in [6, 6.07) is 9.56. The predicted molar refractivity (Wildman–Crippen MR) is 112 cm³/mol. The minimum atomic E-state index is -2.71. The maximum absolute atomic E-state index is 14.9. The third-order valence-corrected chi connectivity index (χ3v) is 20.4. The van der Waals surface area contributed by atoms with Crippen LogP contribution in [-0.2, 0) is 0 Å². The molecular weight excluding hydrogens is 430 g/mol. The van der Waals surface area contributed by atoms with E-state index in [-0.39, 0.29) is 5.95 Å². The first-order valence-corrected chi connectivity index (χ1v) is 17.7. The number of hydrogen-bond donors (Lipinski definition) is 0. The zero-order valence-corrected chi connectivity index (χ0v) is 19.5. The topological polar surface area (TPSA) is 25.8 Å². The Kier molecular flexibility index (Phi) is 9.03. The van der Waals surface area contributed by atoms with Crippen LogP contribution in [0.3, 0.4) is 0 Å². The van der Waals surface area contributed by atoms with Crippen molar-refractivity contribution in [3.05, 3.63) is 42.5 Å². The molecule has 0 atom stereocenters. The van der Waals surface area contributed by atoms with Crippen LogP contribution < -0.4 is 3.71 Å². The predicted octanol–water partition coefficient (Wildman–Crippen LogP) is 6.34. The van der Waals surface area contributed by atoms with E-state index in [1.165, 1.54) is 51.8 Å². The monoisotopic (exact) mass is 464 g/mol. The van der Waals surface area contributed by atoms with Crippen LogP contribution in [0.15, 0.2) is 36.5 Å². The summed E-state index contributed by atoms with van der Waals surface area (Å²) in [5, 5.41) is 0. The first kappa shape index (κ1) is 21.3. The van der Waals surface area contributed by atoms with Crippen LogP contribution in [0.2, 0.25) is 13.3 Å². The molecule has 1 heterocycles. The Morgan fingerprint density at radius 1 is 0.846 bits per heavy atom. The minimum absolute atomic E-state index is 0.385. The van der Waals surface area contributed by atoms with Crippen LogP contribution in [0.1, 0.15) is 59.3 Å². The molecule has 0 bridgehead atoms. The molecule has 2 rings (SSSR count). The molecule has 0 amide bonds. The molecule has 2 aromatic rings. The number of rotatable bonds is 11. The molecule has 0 aliphatic rings. The second-order valence-corrected chi connectivity index (χ2v) is 20.4. The molecule has 0 unspecified atom stereocenters. The van der Waals surface area contributed by atoms with E-state index in [0.717, 1.165) is 9.27 Å². The van der Waals surface area contributed by atoms with Crippen LogP contribution in [0.4, 0.5) is 4.39 Å².